The first-order chi connectivity index (χ1) is 9.36. The van der Waals surface area contributed by atoms with Crippen LogP contribution in [0.2, 0.25) is 0 Å². The van der Waals surface area contributed by atoms with Crippen LogP contribution in [0.15, 0.2) is 22.7 Å². The summed E-state index contributed by atoms with van der Waals surface area (Å²) in [7, 11) is 1.58. The van der Waals surface area contributed by atoms with Crippen molar-refractivity contribution < 1.29 is 22.7 Å². The summed E-state index contributed by atoms with van der Waals surface area (Å²) in [6, 6.07) is 3.42. The van der Waals surface area contributed by atoms with Gasteiger partial charge in [0, 0.05) is 30.3 Å². The van der Waals surface area contributed by atoms with E-state index in [0.29, 0.717) is 19.6 Å². The van der Waals surface area contributed by atoms with Crippen LogP contribution in [0.25, 0.3) is 0 Å². The molecule has 1 N–H and O–H groups in total. The minimum absolute atomic E-state index is 0.00716. The van der Waals surface area contributed by atoms with Crippen LogP contribution >= 0.6 is 15.9 Å². The van der Waals surface area contributed by atoms with Crippen molar-refractivity contribution in [3.63, 3.8) is 0 Å². The molecule has 0 aliphatic carbocycles. The number of hydrogen-bond donors (Lipinski definition) is 1. The number of rotatable bonds is 6. The van der Waals surface area contributed by atoms with Crippen molar-refractivity contribution in [3.8, 4) is 0 Å². The van der Waals surface area contributed by atoms with Crippen LogP contribution < -0.4 is 5.32 Å². The van der Waals surface area contributed by atoms with E-state index in [-0.39, 0.29) is 10.0 Å². The van der Waals surface area contributed by atoms with Crippen LogP contribution in [-0.2, 0) is 10.9 Å². The van der Waals surface area contributed by atoms with Gasteiger partial charge < -0.3 is 10.1 Å². The molecular weight excluding hydrogens is 339 g/mol. The number of benzene rings is 1. The second-order valence-electron chi connectivity index (χ2n) is 4.15. The predicted molar refractivity (Wildman–Crippen MR) is 72.6 cm³/mol. The minimum atomic E-state index is -4.49. The molecule has 112 valence electrons. The maximum Gasteiger partial charge on any atom is 0.417 e. The normalized spacial score (nSPS) is 11.4. The number of amides is 1. The highest BCUT2D eigenvalue weighted by molar-refractivity contribution is 9.10. The van der Waals surface area contributed by atoms with E-state index in [0.717, 1.165) is 12.5 Å². The first kappa shape index (κ1) is 17.0. The summed E-state index contributed by atoms with van der Waals surface area (Å²) in [6.45, 7) is 0.992. The fourth-order valence-electron chi connectivity index (χ4n) is 1.56. The molecule has 0 aliphatic rings. The first-order valence-corrected chi connectivity index (χ1v) is 6.79. The average molecular weight is 354 g/mol. The molecule has 0 unspecified atom stereocenters. The Morgan fingerprint density at radius 2 is 2.05 bits per heavy atom. The lowest BCUT2D eigenvalue weighted by atomic mass is 10.1. The number of halogens is 4. The maximum absolute atomic E-state index is 12.7. The van der Waals surface area contributed by atoms with Gasteiger partial charge in [0.2, 0.25) is 0 Å². The summed E-state index contributed by atoms with van der Waals surface area (Å²) in [5, 5.41) is 2.58. The molecule has 1 aromatic rings. The predicted octanol–water partition coefficient (Wildman–Crippen LogP) is 3.62. The van der Waals surface area contributed by atoms with Gasteiger partial charge in [0.25, 0.3) is 5.91 Å². The highest BCUT2D eigenvalue weighted by Gasteiger charge is 2.33. The van der Waals surface area contributed by atoms with Gasteiger partial charge in [0.1, 0.15) is 0 Å². The molecule has 1 aromatic carbocycles. The Balaban J connectivity index is 2.65. The second kappa shape index (κ2) is 7.64. The van der Waals surface area contributed by atoms with Crippen LogP contribution in [0, 0.1) is 0 Å². The Morgan fingerprint density at radius 3 is 2.65 bits per heavy atom. The lowest BCUT2D eigenvalue weighted by molar-refractivity contribution is -0.138. The van der Waals surface area contributed by atoms with Crippen molar-refractivity contribution in [2.24, 2.45) is 0 Å². The summed E-state index contributed by atoms with van der Waals surface area (Å²) in [4.78, 5) is 11.7. The van der Waals surface area contributed by atoms with E-state index in [2.05, 4.69) is 21.2 Å². The van der Waals surface area contributed by atoms with Gasteiger partial charge in [-0.1, -0.05) is 15.9 Å². The Bertz CT molecular complexity index is 463. The summed E-state index contributed by atoms with van der Waals surface area (Å²) in [5.41, 5.74) is -0.864. The molecule has 0 atom stereocenters. The number of hydrogen-bond acceptors (Lipinski definition) is 2. The topological polar surface area (TPSA) is 38.3 Å². The minimum Gasteiger partial charge on any atom is -0.385 e. The van der Waals surface area contributed by atoms with Crippen LogP contribution in [0.3, 0.4) is 0 Å². The van der Waals surface area contributed by atoms with Crippen LogP contribution in [-0.4, -0.2) is 26.2 Å². The Kier molecular flexibility index (Phi) is 6.48. The number of nitrogens with one attached hydrogen (secondary N) is 1. The van der Waals surface area contributed by atoms with Crippen molar-refractivity contribution in [1.82, 2.24) is 5.32 Å². The highest BCUT2D eigenvalue weighted by Crippen LogP contribution is 2.35. The van der Waals surface area contributed by atoms with Crippen molar-refractivity contribution in [1.29, 1.82) is 0 Å². The molecule has 0 saturated heterocycles. The van der Waals surface area contributed by atoms with Gasteiger partial charge in [-0.3, -0.25) is 4.79 Å². The molecule has 0 spiro atoms. The van der Waals surface area contributed by atoms with E-state index in [4.69, 9.17) is 4.74 Å². The molecule has 0 aliphatic heterocycles. The van der Waals surface area contributed by atoms with Gasteiger partial charge in [0.15, 0.2) is 0 Å². The molecule has 0 radical (unpaired) electrons. The third kappa shape index (κ3) is 5.13. The number of ether oxygens (including phenoxy) is 1. The lowest BCUT2D eigenvalue weighted by Crippen LogP contribution is -2.25. The van der Waals surface area contributed by atoms with Gasteiger partial charge in [-0.15, -0.1) is 0 Å². The first-order valence-electron chi connectivity index (χ1n) is 6.00. The zero-order valence-corrected chi connectivity index (χ0v) is 12.5. The zero-order chi connectivity index (χ0) is 15.2. The van der Waals surface area contributed by atoms with E-state index in [1.54, 1.807) is 7.11 Å². The van der Waals surface area contributed by atoms with E-state index in [9.17, 15) is 18.0 Å². The molecule has 3 nitrogen and oxygen atoms in total. The van der Waals surface area contributed by atoms with Crippen molar-refractivity contribution in [3.05, 3.63) is 33.8 Å². The van der Waals surface area contributed by atoms with Crippen LogP contribution in [0.4, 0.5) is 13.2 Å². The van der Waals surface area contributed by atoms with Gasteiger partial charge in [-0.25, -0.2) is 0 Å². The molecular formula is C13H15BrF3NO2. The van der Waals surface area contributed by atoms with Crippen molar-refractivity contribution in [2.45, 2.75) is 19.0 Å². The summed E-state index contributed by atoms with van der Waals surface area (Å²) in [5.74, 6) is -0.514. The Hall–Kier alpha value is -1.08. The molecule has 7 heteroatoms. The quantitative estimate of drug-likeness (QED) is 0.793. The smallest absolute Gasteiger partial charge is 0.385 e. The van der Waals surface area contributed by atoms with E-state index < -0.39 is 17.6 Å². The standard InChI is InChI=1S/C13H15BrF3NO2/c1-20-7-3-2-6-18-12(19)9-4-5-11(14)10(8-9)13(15,16)17/h4-5,8H,2-3,6-7H2,1H3,(H,18,19). The summed E-state index contributed by atoms with van der Waals surface area (Å²) >= 11 is 2.83. The molecule has 0 bridgehead atoms. The van der Waals surface area contributed by atoms with Gasteiger partial charge in [-0.2, -0.15) is 13.2 Å². The lowest BCUT2D eigenvalue weighted by Gasteiger charge is -2.11. The summed E-state index contributed by atoms with van der Waals surface area (Å²) in [6.07, 6.45) is -3.00. The largest absolute Gasteiger partial charge is 0.417 e. The third-order valence-corrected chi connectivity index (χ3v) is 3.29. The number of carbonyl (C=O) groups excluding carboxylic acids is 1. The molecule has 1 rings (SSSR count). The third-order valence-electron chi connectivity index (χ3n) is 2.59. The zero-order valence-electron chi connectivity index (χ0n) is 10.9. The summed E-state index contributed by atoms with van der Waals surface area (Å²) < 4.78 is 42.9. The molecule has 0 fully saturated rings. The van der Waals surface area contributed by atoms with Crippen molar-refractivity contribution in [2.75, 3.05) is 20.3 Å². The van der Waals surface area contributed by atoms with Gasteiger partial charge in [0.05, 0.1) is 5.56 Å². The molecule has 0 heterocycles. The number of alkyl halides is 3. The van der Waals surface area contributed by atoms with Crippen LogP contribution in [0.1, 0.15) is 28.8 Å². The van der Waals surface area contributed by atoms with E-state index >= 15 is 0 Å². The fraction of sp³-hybridized carbons (Fsp3) is 0.462. The SMILES string of the molecule is COCCCCNC(=O)c1ccc(Br)c(C(F)(F)F)c1. The second-order valence-corrected chi connectivity index (χ2v) is 5.00. The number of carbonyl (C=O) groups is 1. The number of methoxy groups -OCH3 is 1. The number of unbranched alkanes of at least 4 members (excludes halogenated alkanes) is 1. The van der Waals surface area contributed by atoms with Gasteiger partial charge >= 0.3 is 6.18 Å². The fourth-order valence-corrected chi connectivity index (χ4v) is 2.03. The average Bonchev–Trinajstić information content (AvgIpc) is 2.37. The van der Waals surface area contributed by atoms with Gasteiger partial charge in [-0.05, 0) is 31.0 Å². The molecule has 0 saturated carbocycles. The maximum atomic E-state index is 12.7. The molecule has 0 aromatic heterocycles. The molecule has 20 heavy (non-hydrogen) atoms. The molecule has 1 amide bonds. The Morgan fingerprint density at radius 1 is 1.35 bits per heavy atom. The highest BCUT2D eigenvalue weighted by atomic mass is 79.9. The van der Waals surface area contributed by atoms with Crippen molar-refractivity contribution >= 4 is 21.8 Å². The van der Waals surface area contributed by atoms with E-state index in [1.807, 2.05) is 0 Å². The van der Waals surface area contributed by atoms with Crippen LogP contribution in [0.5, 0.6) is 0 Å². The van der Waals surface area contributed by atoms with E-state index in [1.165, 1.54) is 12.1 Å². The monoisotopic (exact) mass is 353 g/mol. The Labute approximate surface area is 123 Å².